The van der Waals surface area contributed by atoms with Crippen LogP contribution < -0.4 is 11.1 Å². The highest BCUT2D eigenvalue weighted by atomic mass is 35.5. The first-order valence-electron chi connectivity index (χ1n) is 6.21. The van der Waals surface area contributed by atoms with E-state index in [0.29, 0.717) is 12.0 Å². The van der Waals surface area contributed by atoms with Crippen molar-refractivity contribution in [3.63, 3.8) is 0 Å². The molecular weight excluding hydrogens is 287 g/mol. The Kier molecular flexibility index (Phi) is 4.55. The Morgan fingerprint density at radius 2 is 1.95 bits per heavy atom. The number of amides is 1. The second kappa shape index (κ2) is 5.99. The molecule has 0 aromatic heterocycles. The number of nitrogens with two attached hydrogens (primary N) is 1. The number of aliphatic hydroxyl groups excluding tert-OH is 1. The maximum absolute atomic E-state index is 12.1. The van der Waals surface area contributed by atoms with Crippen LogP contribution in [0.15, 0.2) is 12.1 Å². The van der Waals surface area contributed by atoms with Gasteiger partial charge < -0.3 is 16.2 Å². The summed E-state index contributed by atoms with van der Waals surface area (Å²) in [5.41, 5.74) is 6.27. The van der Waals surface area contributed by atoms with Crippen molar-refractivity contribution in [2.45, 2.75) is 37.8 Å². The predicted molar refractivity (Wildman–Crippen MR) is 76.6 cm³/mol. The molecule has 0 heterocycles. The predicted octanol–water partition coefficient (Wildman–Crippen LogP) is 2.61. The molecule has 0 aliphatic heterocycles. The van der Waals surface area contributed by atoms with Crippen molar-refractivity contribution >= 4 is 34.8 Å². The van der Waals surface area contributed by atoms with Crippen molar-refractivity contribution in [2.75, 3.05) is 5.73 Å². The average molecular weight is 303 g/mol. The van der Waals surface area contributed by atoms with E-state index in [9.17, 15) is 9.90 Å². The Morgan fingerprint density at radius 3 is 2.53 bits per heavy atom. The molecule has 1 aromatic carbocycles. The Balaban J connectivity index is 2.07. The lowest BCUT2D eigenvalue weighted by Crippen LogP contribution is -2.39. The summed E-state index contributed by atoms with van der Waals surface area (Å²) in [5.74, 6) is -0.247. The van der Waals surface area contributed by atoms with Gasteiger partial charge in [-0.2, -0.15) is 0 Å². The number of benzene rings is 1. The molecule has 1 saturated carbocycles. The second-order valence-corrected chi connectivity index (χ2v) is 5.66. The number of carbonyl (C=O) groups excluding carboxylic acids is 1. The Bertz CT molecular complexity index is 471. The maximum Gasteiger partial charge on any atom is 0.251 e. The molecule has 0 saturated heterocycles. The normalized spacial score (nSPS) is 23.1. The minimum atomic E-state index is -0.336. The van der Waals surface area contributed by atoms with Gasteiger partial charge in [-0.05, 0) is 37.8 Å². The largest absolute Gasteiger partial charge is 0.396 e. The standard InChI is InChI=1S/C13H16Cl2N2O2/c14-10-4-7(5-11(15)12(10)16)13(19)17-8-2-1-3-9(18)6-8/h4-5,8-9,18H,1-3,6,16H2,(H,17,19). The van der Waals surface area contributed by atoms with E-state index in [-0.39, 0.29) is 33.8 Å². The topological polar surface area (TPSA) is 75.4 Å². The highest BCUT2D eigenvalue weighted by molar-refractivity contribution is 6.39. The zero-order valence-electron chi connectivity index (χ0n) is 10.3. The summed E-state index contributed by atoms with van der Waals surface area (Å²) in [6, 6.07) is 2.99. The van der Waals surface area contributed by atoms with Gasteiger partial charge in [-0.15, -0.1) is 0 Å². The summed E-state index contributed by atoms with van der Waals surface area (Å²) in [6.45, 7) is 0. The lowest BCUT2D eigenvalue weighted by atomic mass is 9.93. The number of hydrogen-bond acceptors (Lipinski definition) is 3. The van der Waals surface area contributed by atoms with Gasteiger partial charge >= 0.3 is 0 Å². The van der Waals surface area contributed by atoms with Crippen LogP contribution in [-0.2, 0) is 0 Å². The number of hydrogen-bond donors (Lipinski definition) is 3. The molecule has 1 aliphatic carbocycles. The summed E-state index contributed by atoms with van der Waals surface area (Å²) < 4.78 is 0. The SMILES string of the molecule is Nc1c(Cl)cc(C(=O)NC2CCCC(O)C2)cc1Cl. The summed E-state index contributed by atoms with van der Waals surface area (Å²) in [4.78, 5) is 12.1. The molecule has 0 radical (unpaired) electrons. The van der Waals surface area contributed by atoms with Crippen LogP contribution >= 0.6 is 23.2 Å². The molecule has 1 amide bonds. The lowest BCUT2D eigenvalue weighted by molar-refractivity contribution is 0.0850. The van der Waals surface area contributed by atoms with Crippen LogP contribution in [-0.4, -0.2) is 23.2 Å². The zero-order chi connectivity index (χ0) is 14.0. The van der Waals surface area contributed by atoms with E-state index in [2.05, 4.69) is 5.32 Å². The molecule has 1 aliphatic rings. The number of halogens is 2. The molecule has 2 unspecified atom stereocenters. The summed E-state index contributed by atoms with van der Waals surface area (Å²) in [5, 5.41) is 13.0. The highest BCUT2D eigenvalue weighted by Crippen LogP contribution is 2.29. The third-order valence-corrected chi connectivity index (χ3v) is 3.95. The summed E-state index contributed by atoms with van der Waals surface area (Å²) >= 11 is 11.8. The molecule has 6 heteroatoms. The lowest BCUT2D eigenvalue weighted by Gasteiger charge is -2.26. The monoisotopic (exact) mass is 302 g/mol. The number of aliphatic hydroxyl groups is 1. The van der Waals surface area contributed by atoms with Crippen molar-refractivity contribution in [3.8, 4) is 0 Å². The Labute approximate surface area is 121 Å². The summed E-state index contributed by atoms with van der Waals surface area (Å²) in [7, 11) is 0. The van der Waals surface area contributed by atoms with Crippen LogP contribution in [0.1, 0.15) is 36.0 Å². The third kappa shape index (κ3) is 3.53. The number of nitrogen functional groups attached to an aromatic ring is 1. The first-order valence-corrected chi connectivity index (χ1v) is 6.96. The van der Waals surface area contributed by atoms with E-state index >= 15 is 0 Å². The van der Waals surface area contributed by atoms with Gasteiger partial charge in [-0.3, -0.25) is 4.79 Å². The van der Waals surface area contributed by atoms with Crippen LogP contribution in [0.4, 0.5) is 5.69 Å². The molecular formula is C13H16Cl2N2O2. The number of nitrogens with one attached hydrogen (secondary N) is 1. The van der Waals surface area contributed by atoms with Crippen molar-refractivity contribution in [2.24, 2.45) is 0 Å². The molecule has 19 heavy (non-hydrogen) atoms. The molecule has 0 spiro atoms. The van der Waals surface area contributed by atoms with E-state index in [0.717, 1.165) is 19.3 Å². The van der Waals surface area contributed by atoms with Gasteiger partial charge in [0.2, 0.25) is 0 Å². The van der Waals surface area contributed by atoms with Crippen LogP contribution in [0, 0.1) is 0 Å². The summed E-state index contributed by atoms with van der Waals surface area (Å²) in [6.07, 6.45) is 2.83. The fourth-order valence-electron chi connectivity index (χ4n) is 2.28. The smallest absolute Gasteiger partial charge is 0.251 e. The third-order valence-electron chi connectivity index (χ3n) is 3.32. The van der Waals surface area contributed by atoms with Crippen molar-refractivity contribution in [3.05, 3.63) is 27.7 Å². The Morgan fingerprint density at radius 1 is 1.32 bits per heavy atom. The van der Waals surface area contributed by atoms with Gasteiger partial charge in [-0.1, -0.05) is 23.2 Å². The van der Waals surface area contributed by atoms with E-state index in [1.807, 2.05) is 0 Å². The number of anilines is 1. The molecule has 2 atom stereocenters. The van der Waals surface area contributed by atoms with E-state index < -0.39 is 0 Å². The highest BCUT2D eigenvalue weighted by Gasteiger charge is 2.22. The first kappa shape index (κ1) is 14.4. The van der Waals surface area contributed by atoms with Gasteiger partial charge in [0, 0.05) is 11.6 Å². The average Bonchev–Trinajstić information content (AvgIpc) is 2.35. The van der Waals surface area contributed by atoms with Gasteiger partial charge in [0.15, 0.2) is 0 Å². The Hall–Kier alpha value is -0.970. The van der Waals surface area contributed by atoms with Crippen molar-refractivity contribution in [1.82, 2.24) is 5.32 Å². The van der Waals surface area contributed by atoms with Crippen molar-refractivity contribution < 1.29 is 9.90 Å². The second-order valence-electron chi connectivity index (χ2n) is 4.84. The molecule has 4 nitrogen and oxygen atoms in total. The van der Waals surface area contributed by atoms with Crippen molar-refractivity contribution in [1.29, 1.82) is 0 Å². The number of carbonyl (C=O) groups is 1. The van der Waals surface area contributed by atoms with Gasteiger partial charge in [0.25, 0.3) is 5.91 Å². The van der Waals surface area contributed by atoms with E-state index in [1.54, 1.807) is 0 Å². The van der Waals surface area contributed by atoms with Gasteiger partial charge in [0.1, 0.15) is 0 Å². The van der Waals surface area contributed by atoms with Gasteiger partial charge in [-0.25, -0.2) is 0 Å². The molecule has 104 valence electrons. The molecule has 2 rings (SSSR count). The van der Waals surface area contributed by atoms with Crippen LogP contribution in [0.2, 0.25) is 10.0 Å². The molecule has 1 aromatic rings. The fourth-order valence-corrected chi connectivity index (χ4v) is 2.77. The minimum Gasteiger partial charge on any atom is -0.396 e. The van der Waals surface area contributed by atoms with Crippen LogP contribution in [0.3, 0.4) is 0 Å². The van der Waals surface area contributed by atoms with Crippen LogP contribution in [0.25, 0.3) is 0 Å². The van der Waals surface area contributed by atoms with Crippen LogP contribution in [0.5, 0.6) is 0 Å². The first-order chi connectivity index (χ1) is 8.97. The van der Waals surface area contributed by atoms with E-state index in [1.165, 1.54) is 12.1 Å². The van der Waals surface area contributed by atoms with Gasteiger partial charge in [0.05, 0.1) is 21.8 Å². The molecule has 0 bridgehead atoms. The van der Waals surface area contributed by atoms with E-state index in [4.69, 9.17) is 28.9 Å². The number of rotatable bonds is 2. The fraction of sp³-hybridized carbons (Fsp3) is 0.462. The maximum atomic E-state index is 12.1. The molecule has 1 fully saturated rings. The minimum absolute atomic E-state index is 0.00801. The quantitative estimate of drug-likeness (QED) is 0.735. The zero-order valence-corrected chi connectivity index (χ0v) is 11.8. The molecule has 4 N–H and O–H groups in total.